The summed E-state index contributed by atoms with van der Waals surface area (Å²) in [6, 6.07) is 5.67. The minimum absolute atomic E-state index is 0.0508. The minimum Gasteiger partial charge on any atom is -0.497 e. The van der Waals surface area contributed by atoms with E-state index in [-0.39, 0.29) is 11.8 Å². The normalized spacial score (nSPS) is 22.5. The molecule has 5 nitrogen and oxygen atoms in total. The second-order valence-corrected chi connectivity index (χ2v) is 5.33. The maximum Gasteiger partial charge on any atom is 0.330 e. The van der Waals surface area contributed by atoms with Crippen LogP contribution >= 0.6 is 0 Å². The summed E-state index contributed by atoms with van der Waals surface area (Å²) in [5.74, 6) is -0.0839. The molecule has 1 atom stereocenters. The van der Waals surface area contributed by atoms with Crippen LogP contribution in [0.2, 0.25) is 0 Å². The molecule has 1 amide bonds. The SMILES string of the molecule is COc1ccc(C(NC(=O)C2CC(C)C2)C(=O)O)cc1. The summed E-state index contributed by atoms with van der Waals surface area (Å²) in [5, 5.41) is 11.9. The van der Waals surface area contributed by atoms with Crippen LogP contribution in [0.5, 0.6) is 5.75 Å². The fourth-order valence-corrected chi connectivity index (χ4v) is 2.46. The number of rotatable bonds is 5. The first kappa shape index (κ1) is 14.4. The fourth-order valence-electron chi connectivity index (χ4n) is 2.46. The molecule has 1 fully saturated rings. The predicted molar refractivity (Wildman–Crippen MR) is 73.4 cm³/mol. The number of carboxylic acids is 1. The van der Waals surface area contributed by atoms with Gasteiger partial charge in [-0.05, 0) is 36.5 Å². The highest BCUT2D eigenvalue weighted by Gasteiger charge is 2.34. The Bertz CT molecular complexity index is 491. The lowest BCUT2D eigenvalue weighted by Crippen LogP contribution is -2.42. The molecule has 0 heterocycles. The lowest BCUT2D eigenvalue weighted by Gasteiger charge is -2.32. The van der Waals surface area contributed by atoms with Gasteiger partial charge in [-0.15, -0.1) is 0 Å². The number of carboxylic acid groups (broad SMARTS) is 1. The molecule has 1 unspecified atom stereocenters. The molecule has 1 aromatic rings. The molecule has 0 saturated heterocycles. The van der Waals surface area contributed by atoms with Gasteiger partial charge >= 0.3 is 5.97 Å². The van der Waals surface area contributed by atoms with Gasteiger partial charge in [-0.2, -0.15) is 0 Å². The van der Waals surface area contributed by atoms with Crippen molar-refractivity contribution in [3.05, 3.63) is 29.8 Å². The number of hydrogen-bond acceptors (Lipinski definition) is 3. The van der Waals surface area contributed by atoms with Crippen molar-refractivity contribution >= 4 is 11.9 Å². The third kappa shape index (κ3) is 3.10. The van der Waals surface area contributed by atoms with Gasteiger partial charge in [-0.25, -0.2) is 4.79 Å². The van der Waals surface area contributed by atoms with Crippen LogP contribution in [0.15, 0.2) is 24.3 Å². The molecular formula is C15H19NO4. The largest absolute Gasteiger partial charge is 0.497 e. The summed E-state index contributed by atoms with van der Waals surface area (Å²) < 4.78 is 5.03. The molecule has 108 valence electrons. The molecule has 2 rings (SSSR count). The topological polar surface area (TPSA) is 75.6 Å². The quantitative estimate of drug-likeness (QED) is 0.863. The van der Waals surface area contributed by atoms with Gasteiger partial charge in [0.25, 0.3) is 0 Å². The summed E-state index contributed by atoms with van der Waals surface area (Å²) >= 11 is 0. The van der Waals surface area contributed by atoms with E-state index in [1.807, 2.05) is 0 Å². The monoisotopic (exact) mass is 277 g/mol. The third-order valence-corrected chi connectivity index (χ3v) is 3.73. The summed E-state index contributed by atoms with van der Waals surface area (Å²) in [6.45, 7) is 2.09. The Labute approximate surface area is 117 Å². The highest BCUT2D eigenvalue weighted by molar-refractivity contribution is 5.86. The van der Waals surface area contributed by atoms with Gasteiger partial charge in [0, 0.05) is 5.92 Å². The molecule has 0 radical (unpaired) electrons. The van der Waals surface area contributed by atoms with E-state index >= 15 is 0 Å². The Kier molecular flexibility index (Phi) is 4.27. The fraction of sp³-hybridized carbons (Fsp3) is 0.467. The van der Waals surface area contributed by atoms with E-state index in [0.717, 1.165) is 12.8 Å². The number of carbonyl (C=O) groups excluding carboxylic acids is 1. The van der Waals surface area contributed by atoms with Crippen LogP contribution in [-0.2, 0) is 9.59 Å². The number of amides is 1. The zero-order chi connectivity index (χ0) is 14.7. The summed E-state index contributed by atoms with van der Waals surface area (Å²) in [7, 11) is 1.54. The number of aliphatic carboxylic acids is 1. The van der Waals surface area contributed by atoms with Gasteiger partial charge in [0.1, 0.15) is 5.75 Å². The second-order valence-electron chi connectivity index (χ2n) is 5.33. The Morgan fingerprint density at radius 3 is 2.35 bits per heavy atom. The number of nitrogens with one attached hydrogen (secondary N) is 1. The van der Waals surface area contributed by atoms with E-state index in [0.29, 0.717) is 17.2 Å². The van der Waals surface area contributed by atoms with Crippen molar-refractivity contribution in [3.8, 4) is 5.75 Å². The van der Waals surface area contributed by atoms with Crippen LogP contribution in [0.4, 0.5) is 0 Å². The van der Waals surface area contributed by atoms with Crippen LogP contribution in [0, 0.1) is 11.8 Å². The van der Waals surface area contributed by atoms with Crippen LogP contribution in [-0.4, -0.2) is 24.1 Å². The lowest BCUT2D eigenvalue weighted by atomic mass is 9.75. The van der Waals surface area contributed by atoms with Crippen molar-refractivity contribution in [1.29, 1.82) is 0 Å². The Hall–Kier alpha value is -2.04. The number of ether oxygens (including phenoxy) is 1. The van der Waals surface area contributed by atoms with Gasteiger partial charge in [0.2, 0.25) is 5.91 Å². The molecule has 2 N–H and O–H groups in total. The molecule has 0 aliphatic heterocycles. The highest BCUT2D eigenvalue weighted by atomic mass is 16.5. The third-order valence-electron chi connectivity index (χ3n) is 3.73. The lowest BCUT2D eigenvalue weighted by molar-refractivity contribution is -0.143. The summed E-state index contributed by atoms with van der Waals surface area (Å²) in [4.78, 5) is 23.3. The van der Waals surface area contributed by atoms with Gasteiger partial charge in [0.05, 0.1) is 7.11 Å². The Morgan fingerprint density at radius 1 is 1.30 bits per heavy atom. The van der Waals surface area contributed by atoms with E-state index in [1.165, 1.54) is 0 Å². The van der Waals surface area contributed by atoms with E-state index in [4.69, 9.17) is 4.74 Å². The molecule has 1 aliphatic carbocycles. The number of hydrogen-bond donors (Lipinski definition) is 2. The van der Waals surface area contributed by atoms with Gasteiger partial charge < -0.3 is 15.2 Å². The maximum atomic E-state index is 12.0. The average molecular weight is 277 g/mol. The Balaban J connectivity index is 2.06. The van der Waals surface area contributed by atoms with Crippen molar-refractivity contribution in [2.24, 2.45) is 11.8 Å². The molecule has 1 aliphatic rings. The second kappa shape index (κ2) is 5.94. The van der Waals surface area contributed by atoms with Crippen LogP contribution in [0.3, 0.4) is 0 Å². The average Bonchev–Trinajstić information content (AvgIpc) is 2.41. The van der Waals surface area contributed by atoms with Gasteiger partial charge in [-0.3, -0.25) is 4.79 Å². The van der Waals surface area contributed by atoms with Gasteiger partial charge in [0.15, 0.2) is 6.04 Å². The first-order chi connectivity index (χ1) is 9.51. The predicted octanol–water partition coefficient (Wildman–Crippen LogP) is 1.98. The Morgan fingerprint density at radius 2 is 1.90 bits per heavy atom. The molecule has 1 saturated carbocycles. The molecule has 5 heteroatoms. The first-order valence-electron chi connectivity index (χ1n) is 6.68. The number of carbonyl (C=O) groups is 2. The van der Waals surface area contributed by atoms with Gasteiger partial charge in [-0.1, -0.05) is 19.1 Å². The molecule has 0 aromatic heterocycles. The van der Waals surface area contributed by atoms with Crippen molar-refractivity contribution in [1.82, 2.24) is 5.32 Å². The van der Waals surface area contributed by atoms with Crippen molar-refractivity contribution in [2.75, 3.05) is 7.11 Å². The molecular weight excluding hydrogens is 258 g/mol. The van der Waals surface area contributed by atoms with Crippen LogP contribution in [0.25, 0.3) is 0 Å². The number of methoxy groups -OCH3 is 1. The smallest absolute Gasteiger partial charge is 0.330 e. The van der Waals surface area contributed by atoms with Crippen LogP contribution in [0.1, 0.15) is 31.4 Å². The standard InChI is InChI=1S/C15H19NO4/c1-9-7-11(8-9)14(17)16-13(15(18)19)10-3-5-12(20-2)6-4-10/h3-6,9,11,13H,7-8H2,1-2H3,(H,16,17)(H,18,19). The molecule has 1 aromatic carbocycles. The summed E-state index contributed by atoms with van der Waals surface area (Å²) in [5.41, 5.74) is 0.541. The minimum atomic E-state index is -1.06. The zero-order valence-corrected chi connectivity index (χ0v) is 11.6. The zero-order valence-electron chi connectivity index (χ0n) is 11.6. The first-order valence-corrected chi connectivity index (χ1v) is 6.68. The van der Waals surface area contributed by atoms with Crippen molar-refractivity contribution in [3.63, 3.8) is 0 Å². The maximum absolute atomic E-state index is 12.0. The molecule has 0 spiro atoms. The van der Waals surface area contributed by atoms with E-state index in [9.17, 15) is 14.7 Å². The van der Waals surface area contributed by atoms with Crippen molar-refractivity contribution in [2.45, 2.75) is 25.8 Å². The van der Waals surface area contributed by atoms with Crippen molar-refractivity contribution < 1.29 is 19.4 Å². The van der Waals surface area contributed by atoms with E-state index < -0.39 is 12.0 Å². The number of benzene rings is 1. The summed E-state index contributed by atoms with van der Waals surface area (Å²) in [6.07, 6.45) is 1.67. The van der Waals surface area contributed by atoms with E-state index in [1.54, 1.807) is 31.4 Å². The van der Waals surface area contributed by atoms with E-state index in [2.05, 4.69) is 12.2 Å². The molecule has 20 heavy (non-hydrogen) atoms. The van der Waals surface area contributed by atoms with Crippen LogP contribution < -0.4 is 10.1 Å². The molecule has 0 bridgehead atoms. The highest BCUT2D eigenvalue weighted by Crippen LogP contribution is 2.33.